The summed E-state index contributed by atoms with van der Waals surface area (Å²) >= 11 is 0. The van der Waals surface area contributed by atoms with Gasteiger partial charge in [-0.1, -0.05) is 105 Å². The topological polar surface area (TPSA) is 123 Å². The highest BCUT2D eigenvalue weighted by Crippen LogP contribution is 2.41. The van der Waals surface area contributed by atoms with Gasteiger partial charge in [0.05, 0.1) is 13.1 Å². The minimum atomic E-state index is -0.663. The molecule has 0 saturated carbocycles. The van der Waals surface area contributed by atoms with Gasteiger partial charge in [-0.15, -0.1) is 0 Å². The minimum absolute atomic E-state index is 0.338. The van der Waals surface area contributed by atoms with Gasteiger partial charge in [-0.2, -0.15) is 0 Å². The van der Waals surface area contributed by atoms with Gasteiger partial charge in [0.2, 0.25) is 0 Å². The van der Waals surface area contributed by atoms with E-state index in [-0.39, 0.29) is 0 Å². The summed E-state index contributed by atoms with van der Waals surface area (Å²) in [6.07, 6.45) is 17.1. The predicted octanol–water partition coefficient (Wildman–Crippen LogP) is 9.79. The van der Waals surface area contributed by atoms with Crippen LogP contribution < -0.4 is 10.6 Å². The Morgan fingerprint density at radius 2 is 1.07 bits per heavy atom. The van der Waals surface area contributed by atoms with E-state index >= 15 is 0 Å². The molecule has 8 nitrogen and oxygen atoms in total. The zero-order valence-corrected chi connectivity index (χ0v) is 35.0. The smallest absolute Gasteiger partial charge is 0.303 e. The molecule has 0 bridgehead atoms. The number of amidine groups is 2. The number of hydrogen-bond donors (Lipinski definition) is 4. The third-order valence-electron chi connectivity index (χ3n) is 10.6. The van der Waals surface area contributed by atoms with Gasteiger partial charge in [0.1, 0.15) is 11.7 Å². The lowest BCUT2D eigenvalue weighted by Crippen LogP contribution is -2.28. The minimum Gasteiger partial charge on any atom is -0.481 e. The van der Waals surface area contributed by atoms with Crippen LogP contribution in [-0.4, -0.2) is 82.0 Å². The summed E-state index contributed by atoms with van der Waals surface area (Å²) in [6.45, 7) is 3.95. The van der Waals surface area contributed by atoms with Crippen LogP contribution >= 0.6 is 43.2 Å². The summed E-state index contributed by atoms with van der Waals surface area (Å²) in [5, 5.41) is 25.2. The fourth-order valence-electron chi connectivity index (χ4n) is 7.80. The van der Waals surface area contributed by atoms with Gasteiger partial charge in [0.25, 0.3) is 0 Å². The second-order valence-corrected chi connectivity index (χ2v) is 20.2. The Balaban J connectivity index is 0.000000140. The van der Waals surface area contributed by atoms with Crippen molar-refractivity contribution in [2.24, 2.45) is 9.98 Å². The molecule has 4 N–H and O–H groups in total. The van der Waals surface area contributed by atoms with Crippen LogP contribution in [0.1, 0.15) is 124 Å². The summed E-state index contributed by atoms with van der Waals surface area (Å²) in [5.41, 5.74) is 6.03. The van der Waals surface area contributed by atoms with E-state index in [0.717, 1.165) is 62.4 Å². The maximum Gasteiger partial charge on any atom is 0.303 e. The SMILES string of the molecule is O=C(O)CCCC[C@@H]1CCSS1.O=C(O)CCCC[C@@H]1CCSS1.c1ccc2c(c1)CCCC2C1=NCCN1.c1ccc2c(c1)CCCC2C1=NCCN1. The summed E-state index contributed by atoms with van der Waals surface area (Å²) in [5.74, 6) is 4.74. The van der Waals surface area contributed by atoms with Crippen molar-refractivity contribution in [3.05, 3.63) is 70.8 Å². The molecule has 0 radical (unpaired) electrons. The maximum absolute atomic E-state index is 10.2. The number of aryl methyl sites for hydroxylation is 2. The third kappa shape index (κ3) is 14.7. The molecule has 4 aliphatic heterocycles. The van der Waals surface area contributed by atoms with Crippen molar-refractivity contribution in [2.45, 2.75) is 125 Å². The number of carboxylic acids is 2. The molecule has 8 rings (SSSR count). The number of benzene rings is 2. The molecule has 4 atom stereocenters. The highest BCUT2D eigenvalue weighted by Gasteiger charge is 2.27. The van der Waals surface area contributed by atoms with E-state index in [9.17, 15) is 9.59 Å². The quantitative estimate of drug-likeness (QED) is 0.122. The number of carboxylic acid groups (broad SMARTS) is 2. The van der Waals surface area contributed by atoms with Crippen molar-refractivity contribution in [1.82, 2.24) is 10.6 Å². The normalized spacial score (nSPS) is 23.6. The summed E-state index contributed by atoms with van der Waals surface area (Å²) < 4.78 is 0. The average molecular weight is 813 g/mol. The number of aliphatic carboxylic acids is 2. The van der Waals surface area contributed by atoms with Gasteiger partial charge in [-0.3, -0.25) is 19.6 Å². The van der Waals surface area contributed by atoms with E-state index in [2.05, 4.69) is 69.1 Å². The Hall–Kier alpha value is -2.28. The van der Waals surface area contributed by atoms with Crippen molar-refractivity contribution < 1.29 is 19.8 Å². The van der Waals surface area contributed by atoms with Crippen molar-refractivity contribution in [3.63, 3.8) is 0 Å². The molecule has 2 aromatic rings. The lowest BCUT2D eigenvalue weighted by atomic mass is 9.82. The Morgan fingerprint density at radius 3 is 1.44 bits per heavy atom. The van der Waals surface area contributed by atoms with Gasteiger partial charge in [0, 0.05) is 59.8 Å². The molecular weight excluding hydrogens is 753 g/mol. The van der Waals surface area contributed by atoms with Gasteiger partial charge in [-0.05, 0) is 99.3 Å². The Labute approximate surface area is 339 Å². The molecule has 2 aromatic carbocycles. The van der Waals surface area contributed by atoms with E-state index in [1.807, 2.05) is 43.2 Å². The first-order chi connectivity index (χ1) is 26.5. The van der Waals surface area contributed by atoms with Gasteiger partial charge < -0.3 is 20.8 Å². The molecule has 2 saturated heterocycles. The number of nitrogens with zero attached hydrogens (tertiary/aromatic N) is 2. The molecule has 12 heteroatoms. The third-order valence-corrected chi connectivity index (χ3v) is 16.6. The van der Waals surface area contributed by atoms with Gasteiger partial charge >= 0.3 is 11.9 Å². The van der Waals surface area contributed by atoms with Gasteiger partial charge in [-0.25, -0.2) is 0 Å². The lowest BCUT2D eigenvalue weighted by molar-refractivity contribution is -0.138. The van der Waals surface area contributed by atoms with Crippen molar-refractivity contribution >= 4 is 66.8 Å². The van der Waals surface area contributed by atoms with Crippen LogP contribution in [0.5, 0.6) is 0 Å². The lowest BCUT2D eigenvalue weighted by Gasteiger charge is -2.25. The molecule has 2 aliphatic carbocycles. The Kier molecular flexibility index (Phi) is 19.3. The number of fused-ring (bicyclic) bond motifs is 2. The van der Waals surface area contributed by atoms with E-state index < -0.39 is 11.9 Å². The van der Waals surface area contributed by atoms with E-state index in [1.54, 1.807) is 0 Å². The highest BCUT2D eigenvalue weighted by molar-refractivity contribution is 8.77. The van der Waals surface area contributed by atoms with Crippen LogP contribution in [-0.2, 0) is 22.4 Å². The maximum atomic E-state index is 10.2. The Bertz CT molecular complexity index is 1400. The second-order valence-electron chi connectivity index (χ2n) is 14.6. The zero-order valence-electron chi connectivity index (χ0n) is 31.7. The summed E-state index contributed by atoms with van der Waals surface area (Å²) in [7, 11) is 7.83. The van der Waals surface area contributed by atoms with Crippen molar-refractivity contribution in [1.29, 1.82) is 0 Å². The van der Waals surface area contributed by atoms with Crippen molar-refractivity contribution in [3.8, 4) is 0 Å². The molecule has 6 aliphatic rings. The number of carbonyl (C=O) groups is 2. The molecule has 54 heavy (non-hydrogen) atoms. The monoisotopic (exact) mass is 812 g/mol. The van der Waals surface area contributed by atoms with Crippen LogP contribution in [0, 0.1) is 0 Å². The predicted molar refractivity (Wildman–Crippen MR) is 234 cm³/mol. The number of hydrogen-bond acceptors (Lipinski definition) is 10. The van der Waals surface area contributed by atoms with Crippen LogP contribution in [0.4, 0.5) is 0 Å². The van der Waals surface area contributed by atoms with Crippen LogP contribution in [0.25, 0.3) is 0 Å². The number of aliphatic imine (C=N–C) groups is 2. The molecule has 0 amide bonds. The number of nitrogens with one attached hydrogen (secondary N) is 2. The first-order valence-corrected chi connectivity index (χ1v) is 25.0. The molecule has 4 heterocycles. The van der Waals surface area contributed by atoms with E-state index in [4.69, 9.17) is 10.2 Å². The van der Waals surface area contributed by atoms with Crippen molar-refractivity contribution in [2.75, 3.05) is 37.7 Å². The molecule has 0 spiro atoms. The first kappa shape index (κ1) is 42.9. The van der Waals surface area contributed by atoms with Crippen LogP contribution in [0.3, 0.4) is 0 Å². The number of rotatable bonds is 12. The summed E-state index contributed by atoms with van der Waals surface area (Å²) in [4.78, 5) is 29.5. The fraction of sp³-hybridized carbons (Fsp3) is 0.619. The Morgan fingerprint density at radius 1 is 0.630 bits per heavy atom. The zero-order chi connectivity index (χ0) is 37.8. The van der Waals surface area contributed by atoms with E-state index in [0.29, 0.717) is 24.7 Å². The van der Waals surface area contributed by atoms with Crippen LogP contribution in [0.2, 0.25) is 0 Å². The standard InChI is InChI=1S/2C13H16N2.2C8H14O2S2/c2*1-2-6-11-10(4-1)5-3-7-12(11)13-14-8-9-15-13;2*9-8(10)4-2-1-3-7-5-6-11-12-7/h2*1-2,4,6,12H,3,5,7-9H2,(H,14,15);2*7H,1-6H2,(H,9,10)/t;;2*7-/m..11/s1. The molecule has 2 unspecified atom stereocenters. The fourth-order valence-corrected chi connectivity index (χ4v) is 13.9. The molecule has 296 valence electrons. The largest absolute Gasteiger partial charge is 0.481 e. The first-order valence-electron chi connectivity index (χ1n) is 20.2. The van der Waals surface area contributed by atoms with Gasteiger partial charge in [0.15, 0.2) is 0 Å². The second kappa shape index (κ2) is 24.4. The van der Waals surface area contributed by atoms with E-state index in [1.165, 1.54) is 110 Å². The summed E-state index contributed by atoms with van der Waals surface area (Å²) in [6, 6.07) is 17.6. The van der Waals surface area contributed by atoms with Crippen LogP contribution in [0.15, 0.2) is 58.5 Å². The average Bonchev–Trinajstić information content (AvgIpc) is 4.05. The molecule has 2 fully saturated rings. The number of unbranched alkanes of at least 4 members (excludes halogenated alkanes) is 2. The highest BCUT2D eigenvalue weighted by atomic mass is 33.1. The molecular formula is C42H60N4O4S4. The molecule has 0 aromatic heterocycles.